The molecule has 1 aliphatic heterocycles. The van der Waals surface area contributed by atoms with Gasteiger partial charge in [-0.1, -0.05) is 0 Å². The SMILES string of the molecule is CC(C)(C)OC(=O)N1CC[C@H](n2cc(I)c(C#N)c2C(=O)O)C1. The molecule has 23 heavy (non-hydrogen) atoms. The summed E-state index contributed by atoms with van der Waals surface area (Å²) in [6, 6.07) is 1.76. The van der Waals surface area contributed by atoms with Crippen molar-refractivity contribution in [2.24, 2.45) is 0 Å². The normalized spacial score (nSPS) is 17.9. The van der Waals surface area contributed by atoms with Crippen molar-refractivity contribution in [3.8, 4) is 6.07 Å². The Hall–Kier alpha value is -1.76. The number of nitriles is 1. The summed E-state index contributed by atoms with van der Waals surface area (Å²) >= 11 is 1.95. The summed E-state index contributed by atoms with van der Waals surface area (Å²) in [5.74, 6) is -1.14. The van der Waals surface area contributed by atoms with Crippen molar-refractivity contribution in [3.63, 3.8) is 0 Å². The van der Waals surface area contributed by atoms with Crippen LogP contribution in [0.15, 0.2) is 6.20 Å². The number of rotatable bonds is 2. The molecule has 2 rings (SSSR count). The molecule has 1 saturated heterocycles. The second kappa shape index (κ2) is 6.39. The molecule has 0 aliphatic carbocycles. The predicted octanol–water partition coefficient (Wildman–Crippen LogP) is 2.84. The molecule has 1 aliphatic rings. The van der Waals surface area contributed by atoms with Crippen LogP contribution in [0.4, 0.5) is 4.79 Å². The molecule has 0 spiro atoms. The first-order valence-corrected chi connectivity index (χ1v) is 8.23. The monoisotopic (exact) mass is 431 g/mol. The van der Waals surface area contributed by atoms with E-state index in [0.29, 0.717) is 23.1 Å². The number of carboxylic acids is 1. The Balaban J connectivity index is 2.22. The lowest BCUT2D eigenvalue weighted by Crippen LogP contribution is -2.35. The minimum Gasteiger partial charge on any atom is -0.477 e. The van der Waals surface area contributed by atoms with Crippen LogP contribution >= 0.6 is 22.6 Å². The van der Waals surface area contributed by atoms with E-state index in [0.717, 1.165) is 0 Å². The molecule has 0 aromatic carbocycles. The average Bonchev–Trinajstić information content (AvgIpc) is 3.00. The maximum Gasteiger partial charge on any atom is 0.410 e. The zero-order valence-corrected chi connectivity index (χ0v) is 15.3. The van der Waals surface area contributed by atoms with Crippen LogP contribution < -0.4 is 0 Å². The fourth-order valence-electron chi connectivity index (χ4n) is 2.57. The minimum absolute atomic E-state index is 0.0204. The molecule has 0 radical (unpaired) electrons. The van der Waals surface area contributed by atoms with Crippen LogP contribution in [0.1, 0.15) is 49.3 Å². The molecule has 0 unspecified atom stereocenters. The number of amides is 1. The molecule has 0 bridgehead atoms. The quantitative estimate of drug-likeness (QED) is 0.727. The molecule has 1 N–H and O–H groups in total. The number of hydrogen-bond donors (Lipinski definition) is 1. The zero-order valence-electron chi connectivity index (χ0n) is 13.2. The van der Waals surface area contributed by atoms with Crippen molar-refractivity contribution in [3.05, 3.63) is 21.0 Å². The number of nitrogens with zero attached hydrogens (tertiary/aromatic N) is 3. The number of carbonyl (C=O) groups excluding carboxylic acids is 1. The molecule has 0 saturated carbocycles. The van der Waals surface area contributed by atoms with Crippen molar-refractivity contribution < 1.29 is 19.4 Å². The van der Waals surface area contributed by atoms with Crippen LogP contribution in [-0.4, -0.2) is 45.3 Å². The standard InChI is InChI=1S/C15H18IN3O4/c1-15(2,3)23-14(22)18-5-4-9(7-18)19-8-11(16)10(6-17)12(19)13(20)21/h8-9H,4-5,7H2,1-3H3,(H,20,21)/t9-/m0/s1. The van der Waals surface area contributed by atoms with Crippen LogP contribution in [0.25, 0.3) is 0 Å². The van der Waals surface area contributed by atoms with E-state index >= 15 is 0 Å². The first-order chi connectivity index (χ1) is 10.6. The highest BCUT2D eigenvalue weighted by Crippen LogP contribution is 2.29. The van der Waals surface area contributed by atoms with E-state index < -0.39 is 17.7 Å². The van der Waals surface area contributed by atoms with Gasteiger partial charge in [-0.3, -0.25) is 0 Å². The lowest BCUT2D eigenvalue weighted by atomic mass is 10.2. The van der Waals surface area contributed by atoms with Crippen molar-refractivity contribution in [1.29, 1.82) is 5.26 Å². The van der Waals surface area contributed by atoms with Gasteiger partial charge in [-0.05, 0) is 49.8 Å². The Morgan fingerprint density at radius 3 is 2.65 bits per heavy atom. The summed E-state index contributed by atoms with van der Waals surface area (Å²) in [6.45, 7) is 6.26. The number of likely N-dealkylation sites (tertiary alicyclic amines) is 1. The molecule has 1 fully saturated rings. The molecular formula is C15H18IN3O4. The topological polar surface area (TPSA) is 95.6 Å². The predicted molar refractivity (Wildman–Crippen MR) is 90.3 cm³/mol. The van der Waals surface area contributed by atoms with Crippen molar-refractivity contribution >= 4 is 34.7 Å². The number of aromatic carboxylic acids is 1. The van der Waals surface area contributed by atoms with E-state index in [1.54, 1.807) is 36.4 Å². The summed E-state index contributed by atoms with van der Waals surface area (Å²) in [7, 11) is 0. The lowest BCUT2D eigenvalue weighted by Gasteiger charge is -2.24. The first-order valence-electron chi connectivity index (χ1n) is 7.15. The molecular weight excluding hydrogens is 413 g/mol. The van der Waals surface area contributed by atoms with Gasteiger partial charge in [-0.15, -0.1) is 0 Å². The Morgan fingerprint density at radius 2 is 2.13 bits per heavy atom. The van der Waals surface area contributed by atoms with E-state index in [1.807, 2.05) is 28.7 Å². The van der Waals surface area contributed by atoms with Crippen molar-refractivity contribution in [2.75, 3.05) is 13.1 Å². The number of halogens is 1. The third-order valence-corrected chi connectivity index (χ3v) is 4.33. The second-order valence-corrected chi connectivity index (χ2v) is 7.56. The highest BCUT2D eigenvalue weighted by molar-refractivity contribution is 14.1. The number of ether oxygens (including phenoxy) is 1. The summed E-state index contributed by atoms with van der Waals surface area (Å²) in [5.41, 5.74) is -0.431. The summed E-state index contributed by atoms with van der Waals surface area (Å²) < 4.78 is 7.53. The molecule has 1 aromatic rings. The highest BCUT2D eigenvalue weighted by Gasteiger charge is 2.33. The third-order valence-electron chi connectivity index (χ3n) is 3.51. The van der Waals surface area contributed by atoms with Gasteiger partial charge in [0.2, 0.25) is 0 Å². The molecule has 2 heterocycles. The molecule has 8 heteroatoms. The van der Waals surface area contributed by atoms with Crippen LogP contribution in [0.3, 0.4) is 0 Å². The molecule has 1 amide bonds. The first kappa shape index (κ1) is 17.6. The van der Waals surface area contributed by atoms with Crippen molar-refractivity contribution in [1.82, 2.24) is 9.47 Å². The summed E-state index contributed by atoms with van der Waals surface area (Å²) in [6.07, 6.45) is 1.88. The number of carboxylic acid groups (broad SMARTS) is 1. The van der Waals surface area contributed by atoms with Gasteiger partial charge in [0.05, 0.1) is 11.6 Å². The third kappa shape index (κ3) is 3.77. The van der Waals surface area contributed by atoms with Gasteiger partial charge < -0.3 is 19.3 Å². The van der Waals surface area contributed by atoms with Gasteiger partial charge >= 0.3 is 12.1 Å². The smallest absolute Gasteiger partial charge is 0.410 e. The average molecular weight is 431 g/mol. The van der Waals surface area contributed by atoms with Gasteiger partial charge in [0, 0.05) is 22.9 Å². The highest BCUT2D eigenvalue weighted by atomic mass is 127. The number of aromatic nitrogens is 1. The van der Waals surface area contributed by atoms with Crippen LogP contribution in [0.5, 0.6) is 0 Å². The fraction of sp³-hybridized carbons (Fsp3) is 0.533. The van der Waals surface area contributed by atoms with E-state index in [4.69, 9.17) is 10.00 Å². The van der Waals surface area contributed by atoms with E-state index in [1.165, 1.54) is 0 Å². The summed E-state index contributed by atoms with van der Waals surface area (Å²) in [4.78, 5) is 25.2. The van der Waals surface area contributed by atoms with Gasteiger partial charge in [-0.25, -0.2) is 9.59 Å². The summed E-state index contributed by atoms with van der Waals surface area (Å²) in [5, 5.41) is 18.6. The van der Waals surface area contributed by atoms with Crippen molar-refractivity contribution in [2.45, 2.75) is 38.8 Å². The molecule has 7 nitrogen and oxygen atoms in total. The molecule has 1 aromatic heterocycles. The number of hydrogen-bond acceptors (Lipinski definition) is 4. The van der Waals surface area contributed by atoms with Gasteiger partial charge in [0.15, 0.2) is 0 Å². The van der Waals surface area contributed by atoms with E-state index in [-0.39, 0.29) is 17.3 Å². The number of carbonyl (C=O) groups is 2. The molecule has 124 valence electrons. The Morgan fingerprint density at radius 1 is 1.48 bits per heavy atom. The maximum absolute atomic E-state index is 12.1. The fourth-order valence-corrected chi connectivity index (χ4v) is 3.24. The second-order valence-electron chi connectivity index (χ2n) is 6.39. The molecule has 1 atom stereocenters. The Kier molecular flexibility index (Phi) is 4.89. The van der Waals surface area contributed by atoms with Crippen LogP contribution in [-0.2, 0) is 4.74 Å². The van der Waals surface area contributed by atoms with Gasteiger partial charge in [-0.2, -0.15) is 5.26 Å². The Labute approximate surface area is 148 Å². The minimum atomic E-state index is -1.14. The van der Waals surface area contributed by atoms with E-state index in [2.05, 4.69) is 0 Å². The van der Waals surface area contributed by atoms with Gasteiger partial charge in [0.1, 0.15) is 17.4 Å². The van der Waals surface area contributed by atoms with E-state index in [9.17, 15) is 14.7 Å². The lowest BCUT2D eigenvalue weighted by molar-refractivity contribution is 0.0289. The zero-order chi connectivity index (χ0) is 17.4. The van der Waals surface area contributed by atoms with Gasteiger partial charge in [0.25, 0.3) is 0 Å². The Bertz CT molecular complexity index is 684. The van der Waals surface area contributed by atoms with Crippen LogP contribution in [0, 0.1) is 14.9 Å². The maximum atomic E-state index is 12.1. The largest absolute Gasteiger partial charge is 0.477 e. The van der Waals surface area contributed by atoms with Crippen LogP contribution in [0.2, 0.25) is 0 Å².